The number of fused-ring (bicyclic) bond motifs is 2. The number of rotatable bonds is 2. The van der Waals surface area contributed by atoms with E-state index in [1.54, 1.807) is 23.3 Å². The molecule has 2 aliphatic rings. The lowest BCUT2D eigenvalue weighted by Crippen LogP contribution is -2.33. The molecule has 3 rings (SSSR count). The molecular formula is C14H20N2O. The van der Waals surface area contributed by atoms with E-state index in [9.17, 15) is 4.79 Å². The van der Waals surface area contributed by atoms with Gasteiger partial charge in [-0.15, -0.1) is 0 Å². The summed E-state index contributed by atoms with van der Waals surface area (Å²) in [6.45, 7) is 4.70. The molecular weight excluding hydrogens is 212 g/mol. The zero-order valence-electron chi connectivity index (χ0n) is 10.6. The molecule has 0 aliphatic heterocycles. The Balaban J connectivity index is 1.76. The van der Waals surface area contributed by atoms with E-state index in [1.807, 2.05) is 0 Å². The van der Waals surface area contributed by atoms with Gasteiger partial charge in [0.2, 0.25) is 5.91 Å². The summed E-state index contributed by atoms with van der Waals surface area (Å²) in [6.07, 6.45) is 9.76. The van der Waals surface area contributed by atoms with Crippen LogP contribution in [-0.4, -0.2) is 15.5 Å². The van der Waals surface area contributed by atoms with Crippen LogP contribution in [0.3, 0.4) is 0 Å². The maximum Gasteiger partial charge on any atom is 0.232 e. The lowest BCUT2D eigenvalue weighted by atomic mass is 9.67. The molecule has 1 aromatic rings. The van der Waals surface area contributed by atoms with Crippen LogP contribution in [0.5, 0.6) is 0 Å². The lowest BCUT2D eigenvalue weighted by Gasteiger charge is -2.38. The van der Waals surface area contributed by atoms with Gasteiger partial charge in [-0.3, -0.25) is 9.36 Å². The number of aromatic nitrogens is 2. The van der Waals surface area contributed by atoms with Crippen LogP contribution >= 0.6 is 0 Å². The minimum Gasteiger partial charge on any atom is -0.276 e. The first-order valence-electron chi connectivity index (χ1n) is 6.60. The first kappa shape index (κ1) is 11.0. The van der Waals surface area contributed by atoms with Crippen LogP contribution in [-0.2, 0) is 0 Å². The summed E-state index contributed by atoms with van der Waals surface area (Å²) in [5.41, 5.74) is 0.346. The van der Waals surface area contributed by atoms with Crippen molar-refractivity contribution in [3.8, 4) is 0 Å². The van der Waals surface area contributed by atoms with Crippen LogP contribution in [0.1, 0.15) is 44.3 Å². The Kier molecular flexibility index (Phi) is 2.39. The van der Waals surface area contributed by atoms with E-state index in [2.05, 4.69) is 18.8 Å². The van der Waals surface area contributed by atoms with E-state index in [4.69, 9.17) is 0 Å². The quantitative estimate of drug-likeness (QED) is 0.785. The minimum atomic E-state index is 0.202. The van der Waals surface area contributed by atoms with E-state index in [0.29, 0.717) is 17.8 Å². The van der Waals surface area contributed by atoms with Gasteiger partial charge in [0.1, 0.15) is 6.33 Å². The lowest BCUT2D eigenvalue weighted by molar-refractivity contribution is 0.0720. The Labute approximate surface area is 102 Å². The van der Waals surface area contributed by atoms with Gasteiger partial charge in [0.05, 0.1) is 0 Å². The number of hydrogen-bond donors (Lipinski definition) is 0. The van der Waals surface area contributed by atoms with Crippen molar-refractivity contribution in [2.45, 2.75) is 39.5 Å². The highest BCUT2D eigenvalue weighted by Gasteiger charge is 2.52. The Morgan fingerprint density at radius 3 is 2.88 bits per heavy atom. The second-order valence-corrected chi connectivity index (χ2v) is 6.27. The van der Waals surface area contributed by atoms with Gasteiger partial charge in [0.25, 0.3) is 0 Å². The normalized spacial score (nSPS) is 34.1. The fraction of sp³-hybridized carbons (Fsp3) is 0.714. The van der Waals surface area contributed by atoms with Crippen molar-refractivity contribution in [2.75, 3.05) is 0 Å². The van der Waals surface area contributed by atoms with Crippen LogP contribution in [0, 0.1) is 23.2 Å². The molecule has 3 atom stereocenters. The summed E-state index contributed by atoms with van der Waals surface area (Å²) in [7, 11) is 0. The van der Waals surface area contributed by atoms with Gasteiger partial charge in [-0.25, -0.2) is 4.98 Å². The van der Waals surface area contributed by atoms with E-state index < -0.39 is 0 Å². The summed E-state index contributed by atoms with van der Waals surface area (Å²) >= 11 is 0. The maximum absolute atomic E-state index is 12.1. The van der Waals surface area contributed by atoms with Crippen LogP contribution in [0.25, 0.3) is 0 Å². The van der Waals surface area contributed by atoms with E-state index in [1.165, 1.54) is 19.3 Å². The molecule has 0 spiro atoms. The molecule has 1 aromatic heterocycles. The van der Waals surface area contributed by atoms with Crippen molar-refractivity contribution in [2.24, 2.45) is 23.2 Å². The van der Waals surface area contributed by atoms with Gasteiger partial charge in [-0.05, 0) is 42.4 Å². The average molecular weight is 232 g/mol. The molecule has 1 heterocycles. The van der Waals surface area contributed by atoms with Gasteiger partial charge in [0.15, 0.2) is 0 Å². The van der Waals surface area contributed by atoms with E-state index >= 15 is 0 Å². The molecule has 2 bridgehead atoms. The van der Waals surface area contributed by atoms with Crippen molar-refractivity contribution < 1.29 is 4.79 Å². The second kappa shape index (κ2) is 3.69. The molecule has 3 unspecified atom stereocenters. The van der Waals surface area contributed by atoms with E-state index in [-0.39, 0.29) is 5.91 Å². The van der Waals surface area contributed by atoms with Crippen molar-refractivity contribution in [1.82, 2.24) is 9.55 Å². The first-order valence-corrected chi connectivity index (χ1v) is 6.60. The summed E-state index contributed by atoms with van der Waals surface area (Å²) in [4.78, 5) is 16.1. The maximum atomic E-state index is 12.1. The number of nitrogens with zero attached hydrogens (tertiary/aromatic N) is 2. The van der Waals surface area contributed by atoms with Crippen molar-refractivity contribution in [3.05, 3.63) is 18.7 Å². The van der Waals surface area contributed by atoms with Crippen LogP contribution in [0.2, 0.25) is 0 Å². The monoisotopic (exact) mass is 232 g/mol. The Bertz CT molecular complexity index is 421. The molecule has 3 heteroatoms. The Morgan fingerprint density at radius 2 is 2.29 bits per heavy atom. The van der Waals surface area contributed by atoms with Gasteiger partial charge in [0, 0.05) is 18.8 Å². The summed E-state index contributed by atoms with van der Waals surface area (Å²) < 4.78 is 1.63. The zero-order valence-corrected chi connectivity index (χ0v) is 10.6. The number of carbonyl (C=O) groups is 1. The third kappa shape index (κ3) is 1.63. The van der Waals surface area contributed by atoms with Crippen LogP contribution in [0.15, 0.2) is 18.7 Å². The second-order valence-electron chi connectivity index (χ2n) is 6.27. The standard InChI is InChI=1S/C14H20N2O/c1-14(2)11-4-3-10(7-11)12(14)8-13(17)16-6-5-15-9-16/h5-6,9-12H,3-4,7-8H2,1-2H3. The molecule has 0 amide bonds. The first-order chi connectivity index (χ1) is 8.09. The highest BCUT2D eigenvalue weighted by Crippen LogP contribution is 2.60. The third-order valence-electron chi connectivity index (χ3n) is 5.24. The smallest absolute Gasteiger partial charge is 0.232 e. The Morgan fingerprint density at radius 1 is 1.47 bits per heavy atom. The predicted molar refractivity (Wildman–Crippen MR) is 65.6 cm³/mol. The summed E-state index contributed by atoms with van der Waals surface area (Å²) in [6, 6.07) is 0. The van der Waals surface area contributed by atoms with Gasteiger partial charge in [-0.1, -0.05) is 13.8 Å². The SMILES string of the molecule is CC1(C)C2CCC(C2)C1CC(=O)n1ccnc1. The minimum absolute atomic E-state index is 0.202. The molecule has 0 radical (unpaired) electrons. The topological polar surface area (TPSA) is 34.9 Å². The third-order valence-corrected chi connectivity index (χ3v) is 5.24. The number of carbonyl (C=O) groups excluding carboxylic acids is 1. The van der Waals surface area contributed by atoms with Gasteiger partial charge < -0.3 is 0 Å². The molecule has 0 aromatic carbocycles. The fourth-order valence-electron chi connectivity index (χ4n) is 4.10. The van der Waals surface area contributed by atoms with Gasteiger partial charge in [-0.2, -0.15) is 0 Å². The molecule has 17 heavy (non-hydrogen) atoms. The number of hydrogen-bond acceptors (Lipinski definition) is 2. The fourth-order valence-corrected chi connectivity index (χ4v) is 4.10. The average Bonchev–Trinajstić information content (AvgIpc) is 2.97. The predicted octanol–water partition coefficient (Wildman–Crippen LogP) is 2.99. The van der Waals surface area contributed by atoms with Crippen LogP contribution < -0.4 is 0 Å². The molecule has 3 nitrogen and oxygen atoms in total. The van der Waals surface area contributed by atoms with Crippen molar-refractivity contribution in [1.29, 1.82) is 0 Å². The molecule has 2 fully saturated rings. The highest BCUT2D eigenvalue weighted by molar-refractivity contribution is 5.79. The molecule has 2 saturated carbocycles. The van der Waals surface area contributed by atoms with Crippen LogP contribution in [0.4, 0.5) is 0 Å². The number of imidazole rings is 1. The van der Waals surface area contributed by atoms with Crippen molar-refractivity contribution >= 4 is 5.91 Å². The largest absolute Gasteiger partial charge is 0.276 e. The molecule has 0 N–H and O–H groups in total. The van der Waals surface area contributed by atoms with Gasteiger partial charge >= 0.3 is 0 Å². The van der Waals surface area contributed by atoms with Crippen molar-refractivity contribution in [3.63, 3.8) is 0 Å². The summed E-state index contributed by atoms with van der Waals surface area (Å²) in [5.74, 6) is 2.39. The Hall–Kier alpha value is -1.12. The highest BCUT2D eigenvalue weighted by atomic mass is 16.2. The molecule has 92 valence electrons. The molecule has 0 saturated heterocycles. The molecule has 2 aliphatic carbocycles. The van der Waals surface area contributed by atoms with E-state index in [0.717, 1.165) is 11.8 Å². The summed E-state index contributed by atoms with van der Waals surface area (Å²) in [5, 5.41) is 0. The zero-order chi connectivity index (χ0) is 12.0.